The molecule has 0 fully saturated rings. The number of para-hydroxylation sites is 2. The normalized spacial score (nSPS) is 11.6. The second kappa shape index (κ2) is 6.58. The van der Waals surface area contributed by atoms with Crippen LogP contribution < -0.4 is 9.84 Å². The third-order valence-electron chi connectivity index (χ3n) is 3.06. The van der Waals surface area contributed by atoms with E-state index in [9.17, 15) is 9.90 Å². The van der Waals surface area contributed by atoms with Gasteiger partial charge in [-0.3, -0.25) is 0 Å². The molecule has 1 heterocycles. The van der Waals surface area contributed by atoms with Gasteiger partial charge in [0.05, 0.1) is 13.1 Å². The molecule has 0 unspecified atom stereocenters. The molecule has 0 radical (unpaired) electrons. The fraction of sp³-hybridized carbons (Fsp3) is 0.0588. The van der Waals surface area contributed by atoms with E-state index < -0.39 is 5.97 Å². The van der Waals surface area contributed by atoms with Gasteiger partial charge in [0.1, 0.15) is 11.3 Å². The van der Waals surface area contributed by atoms with E-state index in [0.717, 1.165) is 11.8 Å². The van der Waals surface area contributed by atoms with Crippen LogP contribution in [0.2, 0.25) is 0 Å². The maximum Gasteiger partial charge on any atom is 0.261 e. The zero-order valence-corrected chi connectivity index (χ0v) is 13.0. The van der Waals surface area contributed by atoms with Crippen LogP contribution >= 0.6 is 11.8 Å². The Bertz CT molecular complexity index is 852. The number of rotatable bonds is 5. The molecule has 0 bridgehead atoms. The van der Waals surface area contributed by atoms with Crippen molar-refractivity contribution in [2.45, 2.75) is 5.22 Å². The Morgan fingerprint density at radius 2 is 2.09 bits per heavy atom. The zero-order valence-electron chi connectivity index (χ0n) is 12.2. The van der Waals surface area contributed by atoms with Crippen molar-refractivity contribution in [3.63, 3.8) is 0 Å². The Kier molecular flexibility index (Phi) is 4.34. The summed E-state index contributed by atoms with van der Waals surface area (Å²) in [5, 5.41) is 11.6. The number of carboxylic acids is 1. The highest BCUT2D eigenvalue weighted by Gasteiger charge is 2.10. The summed E-state index contributed by atoms with van der Waals surface area (Å²) in [6.45, 7) is 0. The van der Waals surface area contributed by atoms with Gasteiger partial charge in [-0.05, 0) is 47.7 Å². The first-order valence-corrected chi connectivity index (χ1v) is 7.58. The number of aliphatic carboxylic acids is 1. The number of carbonyl (C=O) groups excluding carboxylic acids is 1. The second-order valence-electron chi connectivity index (χ2n) is 4.62. The molecular formula is C17H12NO4S-. The standard InChI is InChI=1S/C17H13NO4S/c1-21-12-6-4-5-11(9-12)10-15(16(19)20)23-17-18-13-7-2-3-8-14(13)22-17/h2-10H,1H3,(H,19,20)/p-1/b15-10+. The van der Waals surface area contributed by atoms with E-state index in [1.165, 1.54) is 6.08 Å². The van der Waals surface area contributed by atoms with E-state index in [1.54, 1.807) is 43.5 Å². The summed E-state index contributed by atoms with van der Waals surface area (Å²) >= 11 is 0.911. The van der Waals surface area contributed by atoms with Crippen molar-refractivity contribution in [3.8, 4) is 5.75 Å². The molecule has 6 heteroatoms. The van der Waals surface area contributed by atoms with Crippen LogP contribution in [0.25, 0.3) is 17.2 Å². The summed E-state index contributed by atoms with van der Waals surface area (Å²) in [6.07, 6.45) is 1.50. The lowest BCUT2D eigenvalue weighted by Crippen LogP contribution is -2.23. The van der Waals surface area contributed by atoms with E-state index in [4.69, 9.17) is 9.15 Å². The largest absolute Gasteiger partial charge is 0.544 e. The first kappa shape index (κ1) is 15.2. The highest BCUT2D eigenvalue weighted by atomic mass is 32.2. The number of aromatic nitrogens is 1. The van der Waals surface area contributed by atoms with E-state index in [2.05, 4.69) is 4.98 Å². The molecule has 2 aromatic carbocycles. The minimum atomic E-state index is -1.29. The minimum Gasteiger partial charge on any atom is -0.544 e. The molecular weight excluding hydrogens is 314 g/mol. The van der Waals surface area contributed by atoms with Gasteiger partial charge in [0, 0.05) is 4.91 Å². The summed E-state index contributed by atoms with van der Waals surface area (Å²) in [6, 6.07) is 14.3. The molecule has 0 amide bonds. The fourth-order valence-corrected chi connectivity index (χ4v) is 2.74. The monoisotopic (exact) mass is 326 g/mol. The smallest absolute Gasteiger partial charge is 0.261 e. The number of oxazole rings is 1. The Morgan fingerprint density at radius 3 is 2.83 bits per heavy atom. The SMILES string of the molecule is COc1cccc(/C=C(/Sc2nc3ccccc3o2)C(=O)[O-])c1. The van der Waals surface area contributed by atoms with E-state index in [1.807, 2.05) is 12.1 Å². The first-order valence-electron chi connectivity index (χ1n) is 6.76. The summed E-state index contributed by atoms with van der Waals surface area (Å²) in [7, 11) is 1.55. The Labute approximate surface area is 136 Å². The number of benzene rings is 2. The van der Waals surface area contributed by atoms with Crippen LogP contribution in [-0.4, -0.2) is 18.1 Å². The molecule has 0 saturated carbocycles. The first-order chi connectivity index (χ1) is 11.2. The number of thioether (sulfide) groups is 1. The van der Waals surface area contributed by atoms with Crippen molar-refractivity contribution >= 4 is 34.9 Å². The summed E-state index contributed by atoms with van der Waals surface area (Å²) < 4.78 is 10.7. The third-order valence-corrected chi connectivity index (χ3v) is 3.92. The van der Waals surface area contributed by atoms with Crippen LogP contribution in [0.15, 0.2) is 63.1 Å². The molecule has 0 N–H and O–H groups in total. The summed E-state index contributed by atoms with van der Waals surface area (Å²) in [5.74, 6) is -0.650. The maximum absolute atomic E-state index is 11.4. The van der Waals surface area contributed by atoms with Gasteiger partial charge in [0.15, 0.2) is 5.58 Å². The topological polar surface area (TPSA) is 75.4 Å². The van der Waals surface area contributed by atoms with Crippen LogP contribution in [0, 0.1) is 0 Å². The van der Waals surface area contributed by atoms with Gasteiger partial charge in [0.25, 0.3) is 5.22 Å². The molecule has 1 aromatic heterocycles. The Balaban J connectivity index is 1.91. The number of carboxylic acid groups (broad SMARTS) is 1. The quantitative estimate of drug-likeness (QED) is 0.530. The number of ether oxygens (including phenoxy) is 1. The molecule has 0 atom stereocenters. The molecule has 23 heavy (non-hydrogen) atoms. The van der Waals surface area contributed by atoms with Gasteiger partial charge in [-0.15, -0.1) is 0 Å². The lowest BCUT2D eigenvalue weighted by Gasteiger charge is -2.06. The van der Waals surface area contributed by atoms with Crippen LogP contribution in [0.3, 0.4) is 0 Å². The van der Waals surface area contributed by atoms with Gasteiger partial charge < -0.3 is 19.1 Å². The molecule has 116 valence electrons. The predicted octanol–water partition coefficient (Wildman–Crippen LogP) is 2.72. The van der Waals surface area contributed by atoms with E-state index in [-0.39, 0.29) is 10.1 Å². The van der Waals surface area contributed by atoms with Gasteiger partial charge in [-0.2, -0.15) is 0 Å². The number of carbonyl (C=O) groups is 1. The van der Waals surface area contributed by atoms with Crippen LogP contribution in [0.1, 0.15) is 5.56 Å². The number of fused-ring (bicyclic) bond motifs is 1. The fourth-order valence-electron chi connectivity index (χ4n) is 2.00. The molecule has 3 rings (SSSR count). The lowest BCUT2D eigenvalue weighted by molar-refractivity contribution is -0.298. The van der Waals surface area contributed by atoms with Crippen molar-refractivity contribution in [1.82, 2.24) is 4.98 Å². The maximum atomic E-state index is 11.4. The van der Waals surface area contributed by atoms with Crippen molar-refractivity contribution < 1.29 is 19.1 Å². The average Bonchev–Trinajstić information content (AvgIpc) is 2.96. The van der Waals surface area contributed by atoms with E-state index >= 15 is 0 Å². The second-order valence-corrected chi connectivity index (χ2v) is 5.62. The molecule has 0 spiro atoms. The van der Waals surface area contributed by atoms with Gasteiger partial charge >= 0.3 is 0 Å². The van der Waals surface area contributed by atoms with Crippen molar-refractivity contribution in [1.29, 1.82) is 0 Å². The van der Waals surface area contributed by atoms with Crippen molar-refractivity contribution in [2.24, 2.45) is 0 Å². The Hall–Kier alpha value is -2.73. The highest BCUT2D eigenvalue weighted by molar-refractivity contribution is 8.03. The molecule has 0 aliphatic rings. The van der Waals surface area contributed by atoms with Crippen molar-refractivity contribution in [2.75, 3.05) is 7.11 Å². The zero-order chi connectivity index (χ0) is 16.2. The summed E-state index contributed by atoms with van der Waals surface area (Å²) in [5.41, 5.74) is 1.97. The molecule has 0 aliphatic heterocycles. The van der Waals surface area contributed by atoms with Crippen LogP contribution in [0.5, 0.6) is 5.75 Å². The number of hydrogen-bond acceptors (Lipinski definition) is 6. The number of hydrogen-bond donors (Lipinski definition) is 0. The van der Waals surface area contributed by atoms with Crippen LogP contribution in [-0.2, 0) is 4.79 Å². The lowest BCUT2D eigenvalue weighted by atomic mass is 10.2. The molecule has 3 aromatic rings. The van der Waals surface area contributed by atoms with Crippen molar-refractivity contribution in [3.05, 3.63) is 59.0 Å². The average molecular weight is 326 g/mol. The third kappa shape index (κ3) is 3.54. The predicted molar refractivity (Wildman–Crippen MR) is 85.8 cm³/mol. The highest BCUT2D eigenvalue weighted by Crippen LogP contribution is 2.30. The van der Waals surface area contributed by atoms with Gasteiger partial charge in [-0.25, -0.2) is 4.98 Å². The molecule has 0 aliphatic carbocycles. The Morgan fingerprint density at radius 1 is 1.26 bits per heavy atom. The molecule has 0 saturated heterocycles. The summed E-state index contributed by atoms with van der Waals surface area (Å²) in [4.78, 5) is 15.6. The minimum absolute atomic E-state index is 0.00445. The van der Waals surface area contributed by atoms with Crippen LogP contribution in [0.4, 0.5) is 0 Å². The number of methoxy groups -OCH3 is 1. The number of nitrogens with zero attached hydrogens (tertiary/aromatic N) is 1. The van der Waals surface area contributed by atoms with Gasteiger partial charge in [0.2, 0.25) is 0 Å². The molecule has 5 nitrogen and oxygen atoms in total. The van der Waals surface area contributed by atoms with Gasteiger partial charge in [-0.1, -0.05) is 24.3 Å². The van der Waals surface area contributed by atoms with E-state index in [0.29, 0.717) is 22.4 Å².